The Labute approximate surface area is 79.4 Å². The highest BCUT2D eigenvalue weighted by Crippen LogP contribution is 2.25. The van der Waals surface area contributed by atoms with Crippen LogP contribution in [-0.2, 0) is 0 Å². The largest absolute Gasteiger partial charge is 0.396 e. The van der Waals surface area contributed by atoms with Crippen LogP contribution in [0.5, 0.6) is 0 Å². The van der Waals surface area contributed by atoms with E-state index in [0.29, 0.717) is 6.42 Å². The number of hydrogen-bond donors (Lipinski definition) is 1. The molecule has 0 spiro atoms. The van der Waals surface area contributed by atoms with Crippen molar-refractivity contribution in [3.8, 4) is 0 Å². The predicted octanol–water partition coefficient (Wildman–Crippen LogP) is 2.64. The van der Waals surface area contributed by atoms with Gasteiger partial charge in [-0.25, -0.2) is 4.39 Å². The second kappa shape index (κ2) is 4.58. The van der Waals surface area contributed by atoms with Gasteiger partial charge in [0, 0.05) is 11.4 Å². The number of alkyl halides is 1. The molecule has 12 heavy (non-hydrogen) atoms. The summed E-state index contributed by atoms with van der Waals surface area (Å²) in [5, 5.41) is 8.65. The maximum atomic E-state index is 12.5. The fourth-order valence-corrected chi connectivity index (χ4v) is 1.46. The Kier molecular flexibility index (Phi) is 3.69. The lowest BCUT2D eigenvalue weighted by atomic mass is 10.1. The Morgan fingerprint density at radius 3 is 2.42 bits per heavy atom. The molecule has 0 radical (unpaired) electrons. The van der Waals surface area contributed by atoms with Gasteiger partial charge in [-0.05, 0) is 24.1 Å². The van der Waals surface area contributed by atoms with Crippen molar-refractivity contribution >= 4 is 15.9 Å². The molecule has 1 nitrogen and oxygen atoms in total. The zero-order valence-corrected chi connectivity index (χ0v) is 8.09. The summed E-state index contributed by atoms with van der Waals surface area (Å²) in [6.07, 6.45) is 0.644. The summed E-state index contributed by atoms with van der Waals surface area (Å²) in [4.78, 5) is 0.114. The SMILES string of the molecule is OCCC(Br)c1ccc(F)cc1. The lowest BCUT2D eigenvalue weighted by Gasteiger charge is -2.07. The molecule has 0 saturated carbocycles. The number of rotatable bonds is 3. The van der Waals surface area contributed by atoms with Crippen molar-refractivity contribution in [1.82, 2.24) is 0 Å². The molecule has 1 atom stereocenters. The van der Waals surface area contributed by atoms with E-state index in [4.69, 9.17) is 5.11 Å². The molecule has 1 aromatic carbocycles. The molecule has 0 saturated heterocycles. The lowest BCUT2D eigenvalue weighted by molar-refractivity contribution is 0.288. The molecule has 0 aliphatic carbocycles. The topological polar surface area (TPSA) is 20.2 Å². The minimum absolute atomic E-state index is 0.114. The molecule has 0 aliphatic rings. The summed E-state index contributed by atoms with van der Waals surface area (Å²) in [7, 11) is 0. The molecule has 1 rings (SSSR count). The van der Waals surface area contributed by atoms with E-state index in [9.17, 15) is 4.39 Å². The van der Waals surface area contributed by atoms with Crippen molar-refractivity contribution in [3.63, 3.8) is 0 Å². The molecular weight excluding hydrogens is 223 g/mol. The van der Waals surface area contributed by atoms with Crippen LogP contribution in [-0.4, -0.2) is 11.7 Å². The minimum atomic E-state index is -0.234. The van der Waals surface area contributed by atoms with Crippen LogP contribution >= 0.6 is 15.9 Å². The van der Waals surface area contributed by atoms with E-state index in [1.54, 1.807) is 12.1 Å². The van der Waals surface area contributed by atoms with Crippen molar-refractivity contribution in [2.45, 2.75) is 11.2 Å². The average molecular weight is 233 g/mol. The highest BCUT2D eigenvalue weighted by Gasteiger charge is 2.05. The first-order valence-corrected chi connectivity index (χ1v) is 4.66. The Morgan fingerprint density at radius 2 is 1.92 bits per heavy atom. The second-order valence-corrected chi connectivity index (χ2v) is 3.64. The molecule has 0 amide bonds. The van der Waals surface area contributed by atoms with Gasteiger partial charge in [-0.3, -0.25) is 0 Å². The molecule has 0 aromatic heterocycles. The van der Waals surface area contributed by atoms with Crippen molar-refractivity contribution in [2.75, 3.05) is 6.61 Å². The van der Waals surface area contributed by atoms with Gasteiger partial charge in [-0.15, -0.1) is 0 Å². The number of aliphatic hydroxyl groups is 1. The van der Waals surface area contributed by atoms with Gasteiger partial charge in [0.1, 0.15) is 5.82 Å². The van der Waals surface area contributed by atoms with Gasteiger partial charge in [0.2, 0.25) is 0 Å². The fraction of sp³-hybridized carbons (Fsp3) is 0.333. The van der Waals surface area contributed by atoms with E-state index in [-0.39, 0.29) is 17.3 Å². The van der Waals surface area contributed by atoms with E-state index in [2.05, 4.69) is 15.9 Å². The minimum Gasteiger partial charge on any atom is -0.396 e. The molecule has 3 heteroatoms. The van der Waals surface area contributed by atoms with Crippen molar-refractivity contribution in [1.29, 1.82) is 0 Å². The van der Waals surface area contributed by atoms with E-state index >= 15 is 0 Å². The summed E-state index contributed by atoms with van der Waals surface area (Å²) in [5.41, 5.74) is 0.991. The van der Waals surface area contributed by atoms with Crippen LogP contribution in [0.15, 0.2) is 24.3 Å². The first kappa shape index (κ1) is 9.68. The van der Waals surface area contributed by atoms with Gasteiger partial charge < -0.3 is 5.11 Å². The number of benzene rings is 1. The van der Waals surface area contributed by atoms with E-state index in [0.717, 1.165) is 5.56 Å². The Balaban J connectivity index is 2.68. The summed E-state index contributed by atoms with van der Waals surface area (Å²) >= 11 is 3.39. The third kappa shape index (κ3) is 2.57. The lowest BCUT2D eigenvalue weighted by Crippen LogP contribution is -1.93. The van der Waals surface area contributed by atoms with Crippen LogP contribution in [0.3, 0.4) is 0 Å². The number of aliphatic hydroxyl groups excluding tert-OH is 1. The molecule has 0 aliphatic heterocycles. The quantitative estimate of drug-likeness (QED) is 0.795. The third-order valence-corrected chi connectivity index (χ3v) is 2.60. The van der Waals surface area contributed by atoms with Gasteiger partial charge in [0.15, 0.2) is 0 Å². The summed E-state index contributed by atoms with van der Waals surface area (Å²) in [6.45, 7) is 0.132. The van der Waals surface area contributed by atoms with Crippen LogP contribution in [0.1, 0.15) is 16.8 Å². The normalized spacial score (nSPS) is 12.9. The van der Waals surface area contributed by atoms with Crippen molar-refractivity contribution in [3.05, 3.63) is 35.6 Å². The zero-order chi connectivity index (χ0) is 8.97. The van der Waals surface area contributed by atoms with Crippen LogP contribution in [0.25, 0.3) is 0 Å². The molecule has 66 valence electrons. The van der Waals surface area contributed by atoms with E-state index in [1.807, 2.05) is 0 Å². The number of halogens is 2. The van der Waals surface area contributed by atoms with Gasteiger partial charge in [-0.2, -0.15) is 0 Å². The van der Waals surface area contributed by atoms with E-state index < -0.39 is 0 Å². The van der Waals surface area contributed by atoms with Crippen molar-refractivity contribution < 1.29 is 9.50 Å². The van der Waals surface area contributed by atoms with E-state index in [1.165, 1.54) is 12.1 Å². The highest BCUT2D eigenvalue weighted by molar-refractivity contribution is 9.09. The zero-order valence-electron chi connectivity index (χ0n) is 6.50. The number of hydrogen-bond acceptors (Lipinski definition) is 1. The van der Waals surface area contributed by atoms with Gasteiger partial charge in [0.25, 0.3) is 0 Å². The standard InChI is InChI=1S/C9H10BrFO/c10-9(5-6-12)7-1-3-8(11)4-2-7/h1-4,9,12H,5-6H2. The van der Waals surface area contributed by atoms with Gasteiger partial charge in [-0.1, -0.05) is 28.1 Å². The molecule has 1 N–H and O–H groups in total. The molecule has 1 unspecified atom stereocenters. The summed E-state index contributed by atoms with van der Waals surface area (Å²) < 4.78 is 12.5. The monoisotopic (exact) mass is 232 g/mol. The Hall–Kier alpha value is -0.410. The smallest absolute Gasteiger partial charge is 0.123 e. The third-order valence-electron chi connectivity index (χ3n) is 1.61. The molecular formula is C9H10BrFO. The average Bonchev–Trinajstić information content (AvgIpc) is 2.06. The van der Waals surface area contributed by atoms with Crippen LogP contribution in [0, 0.1) is 5.82 Å². The summed E-state index contributed by atoms with van der Waals surface area (Å²) in [5.74, 6) is -0.234. The second-order valence-electron chi connectivity index (χ2n) is 2.53. The first-order chi connectivity index (χ1) is 5.74. The van der Waals surface area contributed by atoms with Crippen LogP contribution in [0.2, 0.25) is 0 Å². The van der Waals surface area contributed by atoms with Crippen LogP contribution in [0.4, 0.5) is 4.39 Å². The highest BCUT2D eigenvalue weighted by atomic mass is 79.9. The predicted molar refractivity (Wildman–Crippen MR) is 49.8 cm³/mol. The molecule has 1 aromatic rings. The Bertz CT molecular complexity index is 235. The maximum absolute atomic E-state index is 12.5. The molecule has 0 bridgehead atoms. The summed E-state index contributed by atoms with van der Waals surface area (Å²) in [6, 6.07) is 6.26. The van der Waals surface area contributed by atoms with Crippen molar-refractivity contribution in [2.24, 2.45) is 0 Å². The maximum Gasteiger partial charge on any atom is 0.123 e. The molecule has 0 fully saturated rings. The Morgan fingerprint density at radius 1 is 1.33 bits per heavy atom. The van der Waals surface area contributed by atoms with Gasteiger partial charge >= 0.3 is 0 Å². The fourth-order valence-electron chi connectivity index (χ4n) is 0.952. The van der Waals surface area contributed by atoms with Gasteiger partial charge in [0.05, 0.1) is 0 Å². The first-order valence-electron chi connectivity index (χ1n) is 3.74. The van der Waals surface area contributed by atoms with Crippen LogP contribution < -0.4 is 0 Å². The molecule has 0 heterocycles.